The number of carbonyl (C=O) groups excluding carboxylic acids is 2. The third-order valence-corrected chi connectivity index (χ3v) is 7.62. The molecule has 9 nitrogen and oxygen atoms in total. The Morgan fingerprint density at radius 3 is 2.52 bits per heavy atom. The van der Waals surface area contributed by atoms with Crippen LogP contribution in [0.5, 0.6) is 0 Å². The Morgan fingerprint density at radius 1 is 1.05 bits per heavy atom. The first-order valence-electron chi connectivity index (χ1n) is 13.2. The van der Waals surface area contributed by atoms with E-state index in [4.69, 9.17) is 11.6 Å². The summed E-state index contributed by atoms with van der Waals surface area (Å²) < 4.78 is 40.0. The van der Waals surface area contributed by atoms with E-state index >= 15 is 0 Å². The van der Waals surface area contributed by atoms with E-state index in [1.54, 1.807) is 36.4 Å². The summed E-state index contributed by atoms with van der Waals surface area (Å²) in [6.45, 7) is 1.61. The highest BCUT2D eigenvalue weighted by molar-refractivity contribution is 6.34. The minimum Gasteiger partial charge on any atom is -0.380 e. The number of aliphatic hydroxyl groups is 1. The number of rotatable bonds is 7. The Hall–Kier alpha value is -4.29. The van der Waals surface area contributed by atoms with Gasteiger partial charge in [0.25, 0.3) is 11.8 Å². The van der Waals surface area contributed by atoms with Gasteiger partial charge in [-0.2, -0.15) is 13.2 Å². The molecule has 1 saturated heterocycles. The van der Waals surface area contributed by atoms with Gasteiger partial charge >= 0.3 is 6.18 Å². The third-order valence-electron chi connectivity index (χ3n) is 7.29. The van der Waals surface area contributed by atoms with Gasteiger partial charge in [0.05, 0.1) is 21.7 Å². The van der Waals surface area contributed by atoms with E-state index in [1.165, 1.54) is 6.20 Å². The zero-order chi connectivity index (χ0) is 29.6. The van der Waals surface area contributed by atoms with E-state index in [0.29, 0.717) is 40.8 Å². The van der Waals surface area contributed by atoms with Crippen molar-refractivity contribution >= 4 is 45.8 Å². The lowest BCUT2D eigenvalue weighted by Crippen LogP contribution is -2.37. The second kappa shape index (κ2) is 10.5. The van der Waals surface area contributed by atoms with Crippen molar-refractivity contribution in [2.45, 2.75) is 37.6 Å². The van der Waals surface area contributed by atoms with Gasteiger partial charge in [-0.3, -0.25) is 14.6 Å². The van der Waals surface area contributed by atoms with E-state index in [0.717, 1.165) is 31.8 Å². The predicted octanol–water partition coefficient (Wildman–Crippen LogP) is 4.97. The van der Waals surface area contributed by atoms with Crippen LogP contribution in [0.4, 0.5) is 24.7 Å². The molecule has 4 aromatic rings. The largest absolute Gasteiger partial charge is 0.417 e. The van der Waals surface area contributed by atoms with Crippen molar-refractivity contribution in [1.29, 1.82) is 0 Å². The maximum atomic E-state index is 13.3. The second-order valence-electron chi connectivity index (χ2n) is 10.4. The molecule has 2 aliphatic rings. The van der Waals surface area contributed by atoms with Crippen molar-refractivity contribution in [3.63, 3.8) is 0 Å². The smallest absolute Gasteiger partial charge is 0.380 e. The molecule has 42 heavy (non-hydrogen) atoms. The summed E-state index contributed by atoms with van der Waals surface area (Å²) in [5.41, 5.74) is -0.485. The molecular weight excluding hydrogens is 573 g/mol. The lowest BCUT2D eigenvalue weighted by Gasteiger charge is -2.33. The summed E-state index contributed by atoms with van der Waals surface area (Å²) in [7, 11) is 0. The number of fused-ring (bicyclic) bond motifs is 1. The van der Waals surface area contributed by atoms with Crippen LogP contribution in [0.25, 0.3) is 22.3 Å². The van der Waals surface area contributed by atoms with Crippen LogP contribution in [0.1, 0.15) is 40.7 Å². The van der Waals surface area contributed by atoms with Gasteiger partial charge in [0, 0.05) is 48.7 Å². The normalized spacial score (nSPS) is 15.7. The molecule has 1 saturated carbocycles. The lowest BCUT2D eigenvalue weighted by molar-refractivity contribution is -0.137. The molecule has 13 heteroatoms. The molecule has 2 aromatic carbocycles. The maximum Gasteiger partial charge on any atom is 0.417 e. The quantitative estimate of drug-likeness (QED) is 0.276. The zero-order valence-corrected chi connectivity index (χ0v) is 22.8. The number of alkyl halides is 3. The molecule has 0 atom stereocenters. The molecule has 1 aliphatic carbocycles. The van der Waals surface area contributed by atoms with E-state index in [9.17, 15) is 27.9 Å². The maximum absolute atomic E-state index is 13.3. The average Bonchev–Trinajstić information content (AvgIpc) is 3.69. The van der Waals surface area contributed by atoms with Crippen LogP contribution in [0.2, 0.25) is 5.02 Å². The summed E-state index contributed by atoms with van der Waals surface area (Å²) in [5.74, 6) is -0.294. The molecule has 0 unspecified atom stereocenters. The number of halogens is 4. The summed E-state index contributed by atoms with van der Waals surface area (Å²) in [6, 6.07) is 10.8. The van der Waals surface area contributed by atoms with E-state index in [1.807, 2.05) is 4.90 Å². The minimum absolute atomic E-state index is 0.0835. The highest BCUT2D eigenvalue weighted by atomic mass is 35.5. The third kappa shape index (κ3) is 5.59. The molecule has 0 spiro atoms. The Bertz CT molecular complexity index is 1720. The number of amides is 2. The summed E-state index contributed by atoms with van der Waals surface area (Å²) in [6.07, 6.45) is -0.739. The van der Waals surface area contributed by atoms with Gasteiger partial charge in [-0.25, -0.2) is 9.97 Å². The van der Waals surface area contributed by atoms with Crippen LogP contribution in [-0.2, 0) is 17.5 Å². The molecular formula is C29H24ClF3N6O3. The predicted molar refractivity (Wildman–Crippen MR) is 150 cm³/mol. The van der Waals surface area contributed by atoms with Crippen molar-refractivity contribution < 1.29 is 27.9 Å². The fourth-order valence-electron chi connectivity index (χ4n) is 4.55. The number of anilines is 2. The van der Waals surface area contributed by atoms with Gasteiger partial charge < -0.3 is 20.6 Å². The van der Waals surface area contributed by atoms with E-state index < -0.39 is 29.2 Å². The zero-order valence-electron chi connectivity index (χ0n) is 22.0. The monoisotopic (exact) mass is 596 g/mol. The lowest BCUT2D eigenvalue weighted by atomic mass is 10.1. The minimum atomic E-state index is -4.57. The molecule has 2 amide bonds. The highest BCUT2D eigenvalue weighted by Crippen LogP contribution is 2.36. The summed E-state index contributed by atoms with van der Waals surface area (Å²) in [4.78, 5) is 40.1. The van der Waals surface area contributed by atoms with Crippen LogP contribution in [0.15, 0.2) is 54.9 Å². The number of nitrogens with one attached hydrogen (secondary N) is 2. The number of hydrogen-bond acceptors (Lipinski definition) is 7. The highest BCUT2D eigenvalue weighted by Gasteiger charge is 2.47. The van der Waals surface area contributed by atoms with Crippen molar-refractivity contribution in [1.82, 2.24) is 20.3 Å². The van der Waals surface area contributed by atoms with Crippen LogP contribution < -0.4 is 15.5 Å². The number of carbonyl (C=O) groups is 2. The molecule has 3 heterocycles. The summed E-state index contributed by atoms with van der Waals surface area (Å²) >= 11 is 6.31. The summed E-state index contributed by atoms with van der Waals surface area (Å²) in [5, 5.41) is 16.3. The second-order valence-corrected chi connectivity index (χ2v) is 10.8. The van der Waals surface area contributed by atoms with Crippen molar-refractivity contribution in [3.8, 4) is 11.4 Å². The van der Waals surface area contributed by atoms with Crippen LogP contribution in [0.3, 0.4) is 0 Å². The standard InChI is InChI=1S/C29H24ClF3N6O3/c30-22-5-2-16(13-35-27(41)28(42)6-7-28)10-21(22)26(40)36-19-3-4-20-23(12-19)37-24(38-25(20)39-8-1-9-39)17-11-18(15-34-14-17)29(31,32)33/h2-5,10-12,14-15,42H,1,6-9,13H2,(H,35,41)(H,36,40). The average molecular weight is 597 g/mol. The van der Waals surface area contributed by atoms with Gasteiger partial charge in [-0.1, -0.05) is 17.7 Å². The Morgan fingerprint density at radius 2 is 1.83 bits per heavy atom. The van der Waals surface area contributed by atoms with Crippen molar-refractivity contribution in [3.05, 3.63) is 76.6 Å². The van der Waals surface area contributed by atoms with Crippen molar-refractivity contribution in [2.75, 3.05) is 23.3 Å². The SMILES string of the molecule is O=C(Nc1ccc2c(N3CCC3)nc(-c3cncc(C(F)(F)F)c3)nc2c1)c1cc(CNC(=O)C2(O)CC2)ccc1Cl. The van der Waals surface area contributed by atoms with E-state index in [2.05, 4.69) is 25.6 Å². The van der Waals surface area contributed by atoms with Crippen LogP contribution in [0, 0.1) is 0 Å². The van der Waals surface area contributed by atoms with Crippen LogP contribution >= 0.6 is 11.6 Å². The molecule has 6 rings (SSSR count). The van der Waals surface area contributed by atoms with Gasteiger partial charge in [-0.05, 0) is 61.2 Å². The molecule has 0 bridgehead atoms. The number of nitrogens with zero attached hydrogens (tertiary/aromatic N) is 4. The Kier molecular flexibility index (Phi) is 6.98. The Labute approximate surface area is 242 Å². The fraction of sp³-hybridized carbons (Fsp3) is 0.276. The van der Waals surface area contributed by atoms with Gasteiger partial charge in [0.1, 0.15) is 11.4 Å². The Balaban J connectivity index is 1.28. The molecule has 0 radical (unpaired) electrons. The first-order valence-corrected chi connectivity index (χ1v) is 13.6. The molecule has 216 valence electrons. The topological polar surface area (TPSA) is 120 Å². The number of benzene rings is 2. The number of aromatic nitrogens is 3. The fourth-order valence-corrected chi connectivity index (χ4v) is 4.76. The molecule has 2 aromatic heterocycles. The molecule has 2 fully saturated rings. The van der Waals surface area contributed by atoms with Gasteiger partial charge in [-0.15, -0.1) is 0 Å². The van der Waals surface area contributed by atoms with Crippen molar-refractivity contribution in [2.24, 2.45) is 0 Å². The van der Waals surface area contributed by atoms with E-state index in [-0.39, 0.29) is 28.5 Å². The molecule has 1 aliphatic heterocycles. The first kappa shape index (κ1) is 27.9. The van der Waals surface area contributed by atoms with Crippen LogP contribution in [-0.4, -0.2) is 50.6 Å². The number of pyridine rings is 1. The first-order chi connectivity index (χ1) is 20.0. The number of hydrogen-bond donors (Lipinski definition) is 3. The molecule has 3 N–H and O–H groups in total. The van der Waals surface area contributed by atoms with Gasteiger partial charge in [0.2, 0.25) is 0 Å². The van der Waals surface area contributed by atoms with Gasteiger partial charge in [0.15, 0.2) is 5.82 Å².